The highest BCUT2D eigenvalue weighted by Gasteiger charge is 2.10. The quantitative estimate of drug-likeness (QED) is 0.491. The first kappa shape index (κ1) is 10.4. The van der Waals surface area contributed by atoms with E-state index in [4.69, 9.17) is 15.5 Å². The Morgan fingerprint density at radius 3 is 2.27 bits per heavy atom. The second-order valence-electron chi connectivity index (χ2n) is 2.32. The van der Waals surface area contributed by atoms with Crippen LogP contribution in [0.25, 0.3) is 0 Å². The Bertz CT molecular complexity index is 129. The summed E-state index contributed by atoms with van der Waals surface area (Å²) in [6.45, 7) is 1.58. The van der Waals surface area contributed by atoms with Crippen LogP contribution in [0, 0.1) is 11.3 Å². The molecule has 1 atom stereocenters. The molecule has 0 aliphatic rings. The largest absolute Gasteiger partial charge is 0.395 e. The number of aliphatic hydroxyl groups is 2. The van der Waals surface area contributed by atoms with Gasteiger partial charge in [0.1, 0.15) is 0 Å². The number of nitrogens with zero attached hydrogens (tertiary/aromatic N) is 1. The molecule has 0 aromatic heterocycles. The minimum absolute atomic E-state index is 0.144. The number of nitriles is 1. The molecule has 0 amide bonds. The summed E-state index contributed by atoms with van der Waals surface area (Å²) in [5.74, 6) is 0. The van der Waals surface area contributed by atoms with Crippen LogP contribution in [0.4, 0.5) is 0 Å². The smallest absolute Gasteiger partial charge is 0.0953 e. The van der Waals surface area contributed by atoms with Gasteiger partial charge in [0, 0.05) is 0 Å². The van der Waals surface area contributed by atoms with E-state index >= 15 is 0 Å². The molecule has 1 unspecified atom stereocenters. The van der Waals surface area contributed by atoms with Crippen molar-refractivity contribution in [2.75, 3.05) is 13.2 Å². The molecule has 0 rings (SSSR count). The fraction of sp³-hybridized carbons (Fsp3) is 0.857. The first-order valence-corrected chi connectivity index (χ1v) is 3.65. The van der Waals surface area contributed by atoms with Gasteiger partial charge in [-0.15, -0.1) is 0 Å². The molecule has 3 N–H and O–H groups in total. The highest BCUT2D eigenvalue weighted by Crippen LogP contribution is 1.90. The molecule has 4 nitrogen and oxygen atoms in total. The second kappa shape index (κ2) is 6.10. The molecule has 0 saturated carbocycles. The van der Waals surface area contributed by atoms with Gasteiger partial charge in [-0.2, -0.15) is 5.26 Å². The van der Waals surface area contributed by atoms with Gasteiger partial charge in [0.2, 0.25) is 0 Å². The Kier molecular flexibility index (Phi) is 5.75. The van der Waals surface area contributed by atoms with Crippen molar-refractivity contribution in [3.63, 3.8) is 0 Å². The minimum atomic E-state index is -0.375. The topological polar surface area (TPSA) is 76.3 Å². The fourth-order valence-corrected chi connectivity index (χ4v) is 0.694. The summed E-state index contributed by atoms with van der Waals surface area (Å²) >= 11 is 0. The third kappa shape index (κ3) is 3.94. The molecule has 0 aliphatic heterocycles. The van der Waals surface area contributed by atoms with Gasteiger partial charge >= 0.3 is 0 Å². The summed E-state index contributed by atoms with van der Waals surface area (Å²) in [7, 11) is 0. The van der Waals surface area contributed by atoms with Crippen molar-refractivity contribution in [2.45, 2.75) is 25.4 Å². The first-order chi connectivity index (χ1) is 5.28. The molecule has 0 spiro atoms. The van der Waals surface area contributed by atoms with E-state index in [0.717, 1.165) is 0 Å². The molecule has 0 bridgehead atoms. The maximum absolute atomic E-state index is 8.63. The third-order valence-corrected chi connectivity index (χ3v) is 1.44. The van der Waals surface area contributed by atoms with E-state index < -0.39 is 0 Å². The van der Waals surface area contributed by atoms with Crippen molar-refractivity contribution >= 4 is 0 Å². The molecule has 4 heteroatoms. The summed E-state index contributed by atoms with van der Waals surface area (Å²) < 4.78 is 0. The predicted octanol–water partition coefficient (Wildman–Crippen LogP) is -0.769. The minimum Gasteiger partial charge on any atom is -0.395 e. The van der Waals surface area contributed by atoms with Crippen LogP contribution in [0.3, 0.4) is 0 Å². The molecule has 0 aromatic carbocycles. The Morgan fingerprint density at radius 2 is 2.00 bits per heavy atom. The SMILES string of the molecule is CCC(C#N)NC(CO)CO. The first-order valence-electron chi connectivity index (χ1n) is 3.65. The Labute approximate surface area is 66.5 Å². The summed E-state index contributed by atoms with van der Waals surface area (Å²) in [6, 6.07) is 1.36. The molecule has 0 fully saturated rings. The van der Waals surface area contributed by atoms with E-state index in [-0.39, 0.29) is 25.3 Å². The van der Waals surface area contributed by atoms with Crippen LogP contribution in [-0.2, 0) is 0 Å². The van der Waals surface area contributed by atoms with Crippen LogP contribution in [0.2, 0.25) is 0 Å². The Morgan fingerprint density at radius 1 is 1.45 bits per heavy atom. The number of aliphatic hydroxyl groups excluding tert-OH is 2. The molecule has 0 aliphatic carbocycles. The number of hydrogen-bond donors (Lipinski definition) is 3. The summed E-state index contributed by atoms with van der Waals surface area (Å²) in [5.41, 5.74) is 0. The van der Waals surface area contributed by atoms with Crippen LogP contribution in [-0.4, -0.2) is 35.5 Å². The summed E-state index contributed by atoms with van der Waals surface area (Å²) in [6.07, 6.45) is 0.674. The zero-order valence-electron chi connectivity index (χ0n) is 6.62. The van der Waals surface area contributed by atoms with Crippen LogP contribution in [0.1, 0.15) is 13.3 Å². The maximum Gasteiger partial charge on any atom is 0.0953 e. The van der Waals surface area contributed by atoms with Crippen molar-refractivity contribution in [3.8, 4) is 6.07 Å². The van der Waals surface area contributed by atoms with E-state index in [2.05, 4.69) is 5.32 Å². The van der Waals surface area contributed by atoms with Gasteiger partial charge in [0.05, 0.1) is 31.4 Å². The molecule has 0 radical (unpaired) electrons. The Hall–Kier alpha value is -0.630. The maximum atomic E-state index is 8.63. The van der Waals surface area contributed by atoms with Crippen molar-refractivity contribution < 1.29 is 10.2 Å². The number of hydrogen-bond acceptors (Lipinski definition) is 4. The van der Waals surface area contributed by atoms with Crippen LogP contribution in [0.15, 0.2) is 0 Å². The van der Waals surface area contributed by atoms with Crippen molar-refractivity contribution in [2.24, 2.45) is 0 Å². The lowest BCUT2D eigenvalue weighted by Gasteiger charge is -2.16. The van der Waals surface area contributed by atoms with Gasteiger partial charge < -0.3 is 10.2 Å². The molecule has 0 heterocycles. The molecular weight excluding hydrogens is 144 g/mol. The number of nitrogens with one attached hydrogen (secondary N) is 1. The van der Waals surface area contributed by atoms with Gasteiger partial charge in [0.15, 0.2) is 0 Å². The highest BCUT2D eigenvalue weighted by molar-refractivity contribution is 4.90. The standard InChI is InChI=1S/C7H14N2O2/c1-2-6(3-8)9-7(4-10)5-11/h6-7,9-11H,2,4-5H2,1H3. The van der Waals surface area contributed by atoms with E-state index in [1.807, 2.05) is 13.0 Å². The average Bonchev–Trinajstić information content (AvgIpc) is 2.07. The summed E-state index contributed by atoms with van der Waals surface area (Å²) in [4.78, 5) is 0. The van der Waals surface area contributed by atoms with E-state index in [9.17, 15) is 0 Å². The van der Waals surface area contributed by atoms with Crippen LogP contribution >= 0.6 is 0 Å². The van der Waals surface area contributed by atoms with Gasteiger partial charge in [0.25, 0.3) is 0 Å². The van der Waals surface area contributed by atoms with Crippen LogP contribution < -0.4 is 5.32 Å². The fourth-order valence-electron chi connectivity index (χ4n) is 0.694. The highest BCUT2D eigenvalue weighted by atomic mass is 16.3. The molecule has 11 heavy (non-hydrogen) atoms. The lowest BCUT2D eigenvalue weighted by Crippen LogP contribution is -2.41. The van der Waals surface area contributed by atoms with Gasteiger partial charge in [-0.05, 0) is 6.42 Å². The van der Waals surface area contributed by atoms with Gasteiger partial charge in [-0.1, -0.05) is 6.92 Å². The van der Waals surface area contributed by atoms with Crippen molar-refractivity contribution in [1.82, 2.24) is 5.32 Å². The molecule has 0 aromatic rings. The van der Waals surface area contributed by atoms with Gasteiger partial charge in [-0.25, -0.2) is 0 Å². The monoisotopic (exact) mass is 158 g/mol. The second-order valence-corrected chi connectivity index (χ2v) is 2.32. The van der Waals surface area contributed by atoms with Crippen molar-refractivity contribution in [3.05, 3.63) is 0 Å². The zero-order valence-corrected chi connectivity index (χ0v) is 6.62. The number of rotatable bonds is 5. The van der Waals surface area contributed by atoms with Crippen LogP contribution in [0.5, 0.6) is 0 Å². The average molecular weight is 158 g/mol. The lowest BCUT2D eigenvalue weighted by atomic mass is 10.2. The van der Waals surface area contributed by atoms with Crippen molar-refractivity contribution in [1.29, 1.82) is 5.26 Å². The van der Waals surface area contributed by atoms with E-state index in [1.165, 1.54) is 0 Å². The molecule has 0 saturated heterocycles. The van der Waals surface area contributed by atoms with Gasteiger partial charge in [-0.3, -0.25) is 5.32 Å². The Balaban J connectivity index is 3.70. The molecular formula is C7H14N2O2. The van der Waals surface area contributed by atoms with E-state index in [1.54, 1.807) is 0 Å². The molecule has 64 valence electrons. The predicted molar refractivity (Wildman–Crippen MR) is 40.8 cm³/mol. The lowest BCUT2D eigenvalue weighted by molar-refractivity contribution is 0.166. The third-order valence-electron chi connectivity index (χ3n) is 1.44. The summed E-state index contributed by atoms with van der Waals surface area (Å²) in [5, 5.41) is 28.5. The normalized spacial score (nSPS) is 13.0. The zero-order chi connectivity index (χ0) is 8.69. The van der Waals surface area contributed by atoms with E-state index in [0.29, 0.717) is 6.42 Å².